The summed E-state index contributed by atoms with van der Waals surface area (Å²) in [5.74, 6) is -0.312. The van der Waals surface area contributed by atoms with E-state index < -0.39 is 11.6 Å². The molecule has 0 saturated carbocycles. The Labute approximate surface area is 117 Å². The van der Waals surface area contributed by atoms with Gasteiger partial charge in [-0.05, 0) is 35.0 Å². The summed E-state index contributed by atoms with van der Waals surface area (Å²) in [7, 11) is 0. The van der Waals surface area contributed by atoms with E-state index >= 15 is 0 Å². The van der Waals surface area contributed by atoms with Crippen molar-refractivity contribution in [1.82, 2.24) is 9.97 Å². The van der Waals surface area contributed by atoms with Gasteiger partial charge < -0.3 is 10.6 Å². The van der Waals surface area contributed by atoms with Crippen LogP contribution >= 0.6 is 15.9 Å². The van der Waals surface area contributed by atoms with Crippen molar-refractivity contribution < 1.29 is 8.78 Å². The number of halogens is 3. The van der Waals surface area contributed by atoms with Crippen molar-refractivity contribution in [2.24, 2.45) is 0 Å². The maximum Gasteiger partial charge on any atom is 0.150 e. The van der Waals surface area contributed by atoms with E-state index in [9.17, 15) is 8.78 Å². The normalized spacial score (nSPS) is 10.3. The fraction of sp³-hybridized carbons (Fsp3) is 0.167. The Bertz CT molecular complexity index is 592. The van der Waals surface area contributed by atoms with Gasteiger partial charge in [-0.25, -0.2) is 18.7 Å². The predicted molar refractivity (Wildman–Crippen MR) is 73.5 cm³/mol. The number of hydrogen-bond acceptors (Lipinski definition) is 4. The number of nitrogens with zero attached hydrogens (tertiary/aromatic N) is 2. The highest BCUT2D eigenvalue weighted by molar-refractivity contribution is 9.10. The second-order valence-electron chi connectivity index (χ2n) is 3.66. The van der Waals surface area contributed by atoms with Crippen molar-refractivity contribution in [3.8, 4) is 0 Å². The molecule has 7 heteroatoms. The molecular weight excluding hydrogens is 318 g/mol. The third kappa shape index (κ3) is 3.17. The molecule has 0 spiro atoms. The summed E-state index contributed by atoms with van der Waals surface area (Å²) in [5, 5.41) is 5.82. The first-order valence-corrected chi connectivity index (χ1v) is 6.37. The summed E-state index contributed by atoms with van der Waals surface area (Å²) in [6, 6.07) is 3.29. The maximum atomic E-state index is 13.5. The maximum absolute atomic E-state index is 13.5. The van der Waals surface area contributed by atoms with Gasteiger partial charge in [0.25, 0.3) is 0 Å². The topological polar surface area (TPSA) is 49.8 Å². The lowest BCUT2D eigenvalue weighted by Crippen LogP contribution is -2.04. The minimum Gasteiger partial charge on any atom is -0.369 e. The molecule has 19 heavy (non-hydrogen) atoms. The van der Waals surface area contributed by atoms with Gasteiger partial charge >= 0.3 is 0 Å². The Kier molecular flexibility index (Phi) is 4.26. The monoisotopic (exact) mass is 328 g/mol. The van der Waals surface area contributed by atoms with Gasteiger partial charge in [0.1, 0.15) is 34.1 Å². The van der Waals surface area contributed by atoms with Crippen LogP contribution in [0, 0.1) is 11.6 Å². The number of aromatic nitrogens is 2. The molecule has 0 saturated heterocycles. The number of nitrogens with one attached hydrogen (secondary N) is 2. The van der Waals surface area contributed by atoms with Crippen LogP contribution in [0.25, 0.3) is 0 Å². The van der Waals surface area contributed by atoms with Crippen LogP contribution in [-0.4, -0.2) is 16.5 Å². The average Bonchev–Trinajstić information content (AvgIpc) is 2.37. The number of rotatable bonds is 4. The summed E-state index contributed by atoms with van der Waals surface area (Å²) >= 11 is 3.33. The van der Waals surface area contributed by atoms with E-state index in [4.69, 9.17) is 0 Å². The van der Waals surface area contributed by atoms with Gasteiger partial charge in [0.05, 0.1) is 5.69 Å². The van der Waals surface area contributed by atoms with E-state index in [1.807, 2.05) is 6.92 Å². The van der Waals surface area contributed by atoms with Crippen molar-refractivity contribution in [2.75, 3.05) is 17.2 Å². The van der Waals surface area contributed by atoms with E-state index in [2.05, 4.69) is 36.5 Å². The minimum absolute atomic E-state index is 0.142. The van der Waals surface area contributed by atoms with Crippen LogP contribution in [0.15, 0.2) is 29.0 Å². The third-order valence-corrected chi connectivity index (χ3v) is 3.07. The second-order valence-corrected chi connectivity index (χ2v) is 4.46. The van der Waals surface area contributed by atoms with Crippen molar-refractivity contribution in [3.05, 3.63) is 40.6 Å². The zero-order chi connectivity index (χ0) is 13.8. The number of hydrogen-bond donors (Lipinski definition) is 2. The van der Waals surface area contributed by atoms with Crippen molar-refractivity contribution in [1.29, 1.82) is 0 Å². The summed E-state index contributed by atoms with van der Waals surface area (Å²) in [6.45, 7) is 2.63. The smallest absolute Gasteiger partial charge is 0.150 e. The van der Waals surface area contributed by atoms with Gasteiger partial charge in [-0.2, -0.15) is 0 Å². The summed E-state index contributed by atoms with van der Waals surface area (Å²) in [4.78, 5) is 8.05. The van der Waals surface area contributed by atoms with Crippen LogP contribution in [0.3, 0.4) is 0 Å². The van der Waals surface area contributed by atoms with Gasteiger partial charge in [-0.1, -0.05) is 0 Å². The first-order chi connectivity index (χ1) is 9.11. The number of benzene rings is 1. The van der Waals surface area contributed by atoms with Gasteiger partial charge in [-0.3, -0.25) is 0 Å². The SMILES string of the molecule is CCNc1ncnc(Nc2ccc(F)cc2F)c1Br. The van der Waals surface area contributed by atoms with Crippen LogP contribution in [0.5, 0.6) is 0 Å². The molecule has 2 rings (SSSR count). The lowest BCUT2D eigenvalue weighted by atomic mass is 10.3. The Hall–Kier alpha value is -1.76. The molecule has 4 nitrogen and oxygen atoms in total. The third-order valence-electron chi connectivity index (χ3n) is 2.32. The van der Waals surface area contributed by atoms with Crippen molar-refractivity contribution in [2.45, 2.75) is 6.92 Å². The second kappa shape index (κ2) is 5.92. The Morgan fingerprint density at radius 3 is 2.63 bits per heavy atom. The van der Waals surface area contributed by atoms with E-state index in [0.717, 1.165) is 6.07 Å². The molecule has 0 aliphatic rings. The minimum atomic E-state index is -0.685. The van der Waals surface area contributed by atoms with Gasteiger partial charge in [0, 0.05) is 12.6 Å². The zero-order valence-electron chi connectivity index (χ0n) is 10.0. The molecule has 0 aliphatic carbocycles. The van der Waals surface area contributed by atoms with E-state index in [-0.39, 0.29) is 5.69 Å². The largest absolute Gasteiger partial charge is 0.369 e. The quantitative estimate of drug-likeness (QED) is 0.898. The highest BCUT2D eigenvalue weighted by Gasteiger charge is 2.10. The molecule has 1 aromatic carbocycles. The number of anilines is 3. The fourth-order valence-corrected chi connectivity index (χ4v) is 1.91. The molecule has 0 amide bonds. The molecule has 2 aromatic rings. The molecule has 0 fully saturated rings. The molecule has 2 N–H and O–H groups in total. The molecule has 100 valence electrons. The van der Waals surface area contributed by atoms with E-state index in [0.29, 0.717) is 22.7 Å². The lowest BCUT2D eigenvalue weighted by molar-refractivity contribution is 0.586. The Morgan fingerprint density at radius 2 is 1.95 bits per heavy atom. The van der Waals surface area contributed by atoms with Crippen LogP contribution in [0.2, 0.25) is 0 Å². The van der Waals surface area contributed by atoms with E-state index in [1.165, 1.54) is 18.5 Å². The molecule has 1 heterocycles. The van der Waals surface area contributed by atoms with Gasteiger partial charge in [0.15, 0.2) is 0 Å². The zero-order valence-corrected chi connectivity index (χ0v) is 11.6. The molecule has 0 bridgehead atoms. The molecule has 0 atom stereocenters. The first kappa shape index (κ1) is 13.7. The van der Waals surface area contributed by atoms with Gasteiger partial charge in [0.2, 0.25) is 0 Å². The van der Waals surface area contributed by atoms with E-state index in [1.54, 1.807) is 0 Å². The Morgan fingerprint density at radius 1 is 1.21 bits per heavy atom. The highest BCUT2D eigenvalue weighted by Crippen LogP contribution is 2.29. The molecule has 0 radical (unpaired) electrons. The molecular formula is C12H11BrF2N4. The summed E-state index contributed by atoms with van der Waals surface area (Å²) in [5.41, 5.74) is 0.142. The van der Waals surface area contributed by atoms with Crippen molar-refractivity contribution in [3.63, 3.8) is 0 Å². The predicted octanol–water partition coefficient (Wildman–Crippen LogP) is 3.69. The standard InChI is InChI=1S/C12H11BrF2N4/c1-2-16-11-10(13)12(18-6-17-11)19-9-4-3-7(14)5-8(9)15/h3-6H,2H2,1H3,(H2,16,17,18,19). The summed E-state index contributed by atoms with van der Waals surface area (Å²) in [6.07, 6.45) is 1.35. The van der Waals surface area contributed by atoms with Crippen molar-refractivity contribution >= 4 is 33.3 Å². The van der Waals surface area contributed by atoms with Crippen LogP contribution < -0.4 is 10.6 Å². The van der Waals surface area contributed by atoms with Crippen LogP contribution in [0.1, 0.15) is 6.92 Å². The Balaban J connectivity index is 2.30. The fourth-order valence-electron chi connectivity index (χ4n) is 1.47. The van der Waals surface area contributed by atoms with Gasteiger partial charge in [-0.15, -0.1) is 0 Å². The highest BCUT2D eigenvalue weighted by atomic mass is 79.9. The molecule has 1 aromatic heterocycles. The molecule has 0 unspecified atom stereocenters. The molecule has 0 aliphatic heterocycles. The lowest BCUT2D eigenvalue weighted by Gasteiger charge is -2.11. The van der Waals surface area contributed by atoms with Crippen LogP contribution in [0.4, 0.5) is 26.1 Å². The average molecular weight is 329 g/mol. The summed E-state index contributed by atoms with van der Waals surface area (Å²) < 4.78 is 26.9. The van der Waals surface area contributed by atoms with Crippen LogP contribution in [-0.2, 0) is 0 Å². The first-order valence-electron chi connectivity index (χ1n) is 5.58.